The first-order chi connectivity index (χ1) is 7.88. The minimum Gasteiger partial charge on any atom is -0.478 e. The lowest BCUT2D eigenvalue weighted by atomic mass is 10.1. The summed E-state index contributed by atoms with van der Waals surface area (Å²) >= 11 is 0. The molecule has 1 heterocycles. The number of carboxylic acid groups (broad SMARTS) is 1. The molecule has 17 heavy (non-hydrogen) atoms. The van der Waals surface area contributed by atoms with Gasteiger partial charge >= 0.3 is 12.1 Å². The van der Waals surface area contributed by atoms with Gasteiger partial charge in [-0.3, -0.25) is 0 Å². The average molecular weight is 247 g/mol. The lowest BCUT2D eigenvalue weighted by molar-refractivity contribution is -0.144. The predicted octanol–water partition coefficient (Wildman–Crippen LogP) is 1.96. The number of carbonyl (C=O) groups is 1. The number of hydrogen-bond donors (Lipinski definition) is 2. The number of hydrogen-bond acceptors (Lipinski definition) is 3. The van der Waals surface area contributed by atoms with Crippen LogP contribution in [0, 0.1) is 0 Å². The van der Waals surface area contributed by atoms with E-state index in [9.17, 15) is 18.0 Å². The maximum Gasteiger partial charge on any atom is 0.416 e. The Kier molecular flexibility index (Phi) is 2.60. The van der Waals surface area contributed by atoms with Crippen LogP contribution in [0.15, 0.2) is 18.2 Å². The van der Waals surface area contributed by atoms with Crippen molar-refractivity contribution in [3.05, 3.63) is 23.8 Å². The highest BCUT2D eigenvalue weighted by Gasteiger charge is 2.33. The van der Waals surface area contributed by atoms with Gasteiger partial charge in [0.15, 0.2) is 0 Å². The quantitative estimate of drug-likeness (QED) is 0.796. The third-order valence-electron chi connectivity index (χ3n) is 2.33. The van der Waals surface area contributed by atoms with E-state index >= 15 is 0 Å². The molecule has 2 N–H and O–H groups in total. The van der Waals surface area contributed by atoms with Crippen molar-refractivity contribution in [2.45, 2.75) is 12.3 Å². The fraction of sp³-hybridized carbons (Fsp3) is 0.300. The SMILES string of the molecule is O=C(O)C1CNc2ccc(C(F)(F)F)cc2O1. The van der Waals surface area contributed by atoms with Crippen molar-refractivity contribution in [2.24, 2.45) is 0 Å². The van der Waals surface area contributed by atoms with Crippen LogP contribution in [-0.4, -0.2) is 23.7 Å². The van der Waals surface area contributed by atoms with Crippen molar-refractivity contribution in [3.63, 3.8) is 0 Å². The fourth-order valence-corrected chi connectivity index (χ4v) is 1.48. The van der Waals surface area contributed by atoms with Gasteiger partial charge in [0.1, 0.15) is 5.75 Å². The van der Waals surface area contributed by atoms with Gasteiger partial charge in [0.2, 0.25) is 6.10 Å². The number of rotatable bonds is 1. The Morgan fingerprint density at radius 1 is 1.47 bits per heavy atom. The Morgan fingerprint density at radius 3 is 2.76 bits per heavy atom. The fourth-order valence-electron chi connectivity index (χ4n) is 1.48. The number of nitrogens with one attached hydrogen (secondary N) is 1. The second kappa shape index (κ2) is 3.83. The number of halogens is 3. The summed E-state index contributed by atoms with van der Waals surface area (Å²) in [6.07, 6.45) is -5.65. The standard InChI is InChI=1S/C10H8F3NO3/c11-10(12,13)5-1-2-6-7(3-5)17-8(4-14-6)9(15)16/h1-3,8,14H,4H2,(H,15,16). The molecule has 0 bridgehead atoms. The number of alkyl halides is 3. The highest BCUT2D eigenvalue weighted by Crippen LogP contribution is 2.36. The number of anilines is 1. The molecule has 0 amide bonds. The van der Waals surface area contributed by atoms with Crippen molar-refractivity contribution in [1.82, 2.24) is 0 Å². The molecular weight excluding hydrogens is 239 g/mol. The van der Waals surface area contributed by atoms with Crippen LogP contribution in [-0.2, 0) is 11.0 Å². The molecule has 1 atom stereocenters. The van der Waals surface area contributed by atoms with Gasteiger partial charge in [-0.2, -0.15) is 13.2 Å². The second-order valence-electron chi connectivity index (χ2n) is 3.53. The molecular formula is C10H8F3NO3. The van der Waals surface area contributed by atoms with E-state index in [0.29, 0.717) is 5.69 Å². The molecule has 0 fully saturated rings. The first kappa shape index (κ1) is 11.6. The second-order valence-corrected chi connectivity index (χ2v) is 3.53. The Hall–Kier alpha value is -1.92. The predicted molar refractivity (Wildman–Crippen MR) is 52.0 cm³/mol. The van der Waals surface area contributed by atoms with Crippen molar-refractivity contribution >= 4 is 11.7 Å². The zero-order valence-electron chi connectivity index (χ0n) is 8.41. The molecule has 1 aliphatic heterocycles. The molecule has 0 saturated heterocycles. The van der Waals surface area contributed by atoms with Gasteiger partial charge in [0.25, 0.3) is 0 Å². The van der Waals surface area contributed by atoms with Gasteiger partial charge in [-0.25, -0.2) is 4.79 Å². The highest BCUT2D eigenvalue weighted by molar-refractivity contribution is 5.76. The maximum absolute atomic E-state index is 12.4. The monoisotopic (exact) mass is 247 g/mol. The molecule has 1 aromatic rings. The van der Waals surface area contributed by atoms with Gasteiger partial charge in [-0.15, -0.1) is 0 Å². The molecule has 0 spiro atoms. The largest absolute Gasteiger partial charge is 0.478 e. The molecule has 7 heteroatoms. The highest BCUT2D eigenvalue weighted by atomic mass is 19.4. The molecule has 1 aromatic carbocycles. The summed E-state index contributed by atoms with van der Waals surface area (Å²) in [6.45, 7) is 0.0215. The van der Waals surface area contributed by atoms with Crippen LogP contribution in [0.3, 0.4) is 0 Å². The molecule has 4 nitrogen and oxygen atoms in total. The summed E-state index contributed by atoms with van der Waals surface area (Å²) in [5.74, 6) is -1.32. The third-order valence-corrected chi connectivity index (χ3v) is 2.33. The van der Waals surface area contributed by atoms with Crippen LogP contribution in [0.2, 0.25) is 0 Å². The van der Waals surface area contributed by atoms with Crippen LogP contribution in [0.25, 0.3) is 0 Å². The van der Waals surface area contributed by atoms with Crippen LogP contribution < -0.4 is 10.1 Å². The summed E-state index contributed by atoms with van der Waals surface area (Å²) < 4.78 is 42.2. The Labute approximate surface area is 94.0 Å². The normalized spacial score (nSPS) is 18.9. The number of aliphatic carboxylic acids is 1. The van der Waals surface area contributed by atoms with Crippen molar-refractivity contribution in [2.75, 3.05) is 11.9 Å². The van der Waals surface area contributed by atoms with Crippen LogP contribution in [0.5, 0.6) is 5.75 Å². The summed E-state index contributed by atoms with van der Waals surface area (Å²) in [7, 11) is 0. The summed E-state index contributed by atoms with van der Waals surface area (Å²) in [4.78, 5) is 10.7. The van der Waals surface area contributed by atoms with E-state index in [1.165, 1.54) is 6.07 Å². The van der Waals surface area contributed by atoms with Gasteiger partial charge in [0, 0.05) is 0 Å². The lowest BCUT2D eigenvalue weighted by Crippen LogP contribution is -2.37. The molecule has 0 radical (unpaired) electrons. The molecule has 92 valence electrons. The van der Waals surface area contributed by atoms with E-state index in [0.717, 1.165) is 12.1 Å². The van der Waals surface area contributed by atoms with E-state index < -0.39 is 23.8 Å². The van der Waals surface area contributed by atoms with Crippen molar-refractivity contribution < 1.29 is 27.8 Å². The van der Waals surface area contributed by atoms with Gasteiger partial charge in [-0.05, 0) is 18.2 Å². The van der Waals surface area contributed by atoms with Crippen LogP contribution >= 0.6 is 0 Å². The van der Waals surface area contributed by atoms with E-state index in [-0.39, 0.29) is 12.3 Å². The molecule has 2 rings (SSSR count). The summed E-state index contributed by atoms with van der Waals surface area (Å²) in [5, 5.41) is 11.4. The first-order valence-corrected chi connectivity index (χ1v) is 4.72. The molecule has 0 aromatic heterocycles. The zero-order chi connectivity index (χ0) is 12.6. The van der Waals surface area contributed by atoms with Crippen molar-refractivity contribution in [3.8, 4) is 5.75 Å². The Bertz CT molecular complexity index is 459. The number of ether oxygens (including phenoxy) is 1. The zero-order valence-corrected chi connectivity index (χ0v) is 8.41. The van der Waals surface area contributed by atoms with E-state index in [1.807, 2.05) is 0 Å². The molecule has 1 aliphatic rings. The van der Waals surface area contributed by atoms with E-state index in [1.54, 1.807) is 0 Å². The third kappa shape index (κ3) is 2.27. The average Bonchev–Trinajstić information content (AvgIpc) is 2.26. The van der Waals surface area contributed by atoms with E-state index in [4.69, 9.17) is 9.84 Å². The van der Waals surface area contributed by atoms with Gasteiger partial charge in [0.05, 0.1) is 17.8 Å². The van der Waals surface area contributed by atoms with Gasteiger partial charge in [-0.1, -0.05) is 0 Å². The molecule has 0 aliphatic carbocycles. The van der Waals surface area contributed by atoms with Crippen LogP contribution in [0.4, 0.5) is 18.9 Å². The smallest absolute Gasteiger partial charge is 0.416 e. The Morgan fingerprint density at radius 2 is 2.18 bits per heavy atom. The topological polar surface area (TPSA) is 58.6 Å². The minimum atomic E-state index is -4.48. The molecule has 0 saturated carbocycles. The van der Waals surface area contributed by atoms with E-state index in [2.05, 4.69) is 5.32 Å². The summed E-state index contributed by atoms with van der Waals surface area (Å²) in [5.41, 5.74) is -0.514. The minimum absolute atomic E-state index is 0.0215. The summed E-state index contributed by atoms with van der Waals surface area (Å²) in [6, 6.07) is 2.92. The number of benzene rings is 1. The van der Waals surface area contributed by atoms with Crippen LogP contribution in [0.1, 0.15) is 5.56 Å². The first-order valence-electron chi connectivity index (χ1n) is 4.72. The van der Waals surface area contributed by atoms with Gasteiger partial charge < -0.3 is 15.2 Å². The maximum atomic E-state index is 12.4. The number of fused-ring (bicyclic) bond motifs is 1. The lowest BCUT2D eigenvalue weighted by Gasteiger charge is -2.25. The van der Waals surface area contributed by atoms with Crippen molar-refractivity contribution in [1.29, 1.82) is 0 Å². The molecule has 1 unspecified atom stereocenters. The number of carboxylic acids is 1. The Balaban J connectivity index is 2.32.